The Morgan fingerprint density at radius 2 is 2.05 bits per heavy atom. The van der Waals surface area contributed by atoms with E-state index in [1.165, 1.54) is 37.8 Å². The van der Waals surface area contributed by atoms with Crippen molar-refractivity contribution < 1.29 is 14.7 Å². The van der Waals surface area contributed by atoms with E-state index in [-0.39, 0.29) is 16.6 Å². The summed E-state index contributed by atoms with van der Waals surface area (Å²) in [6, 6.07) is 4.19. The predicted octanol–water partition coefficient (Wildman–Crippen LogP) is 3.69. The summed E-state index contributed by atoms with van der Waals surface area (Å²) < 4.78 is 0. The van der Waals surface area contributed by atoms with Gasteiger partial charge in [-0.05, 0) is 37.0 Å². The highest BCUT2D eigenvalue weighted by Gasteiger charge is 2.19. The van der Waals surface area contributed by atoms with Crippen LogP contribution in [0.3, 0.4) is 0 Å². The highest BCUT2D eigenvalue weighted by atomic mass is 35.5. The molecule has 1 fully saturated rings. The Kier molecular flexibility index (Phi) is 5.07. The van der Waals surface area contributed by atoms with Gasteiger partial charge in [0, 0.05) is 19.3 Å². The number of nitrogens with one attached hydrogen (secondary N) is 1. The van der Waals surface area contributed by atoms with Crippen LogP contribution >= 0.6 is 11.6 Å². The van der Waals surface area contributed by atoms with Gasteiger partial charge in [-0.2, -0.15) is 0 Å². The smallest absolute Gasteiger partial charge is 0.337 e. The highest BCUT2D eigenvalue weighted by Crippen LogP contribution is 2.25. The summed E-state index contributed by atoms with van der Waals surface area (Å²) in [6.45, 7) is 0.727. The Hall–Kier alpha value is -1.75. The monoisotopic (exact) mass is 310 g/mol. The van der Waals surface area contributed by atoms with Crippen LogP contribution in [0.15, 0.2) is 18.2 Å². The van der Waals surface area contributed by atoms with Gasteiger partial charge in [0.2, 0.25) is 0 Å². The molecule has 0 aromatic heterocycles. The number of carbonyl (C=O) groups excluding carboxylic acids is 1. The molecule has 0 saturated heterocycles. The van der Waals surface area contributed by atoms with Gasteiger partial charge in [0.1, 0.15) is 0 Å². The number of carbonyl (C=O) groups is 2. The zero-order valence-corrected chi connectivity index (χ0v) is 12.7. The fraction of sp³-hybridized carbons (Fsp3) is 0.467. The van der Waals surface area contributed by atoms with E-state index in [4.69, 9.17) is 16.7 Å². The first-order valence-corrected chi connectivity index (χ1v) is 7.40. The van der Waals surface area contributed by atoms with Crippen molar-refractivity contribution in [3.63, 3.8) is 0 Å². The zero-order chi connectivity index (χ0) is 15.4. The van der Waals surface area contributed by atoms with Crippen molar-refractivity contribution in [2.45, 2.75) is 25.7 Å². The molecule has 5 nitrogen and oxygen atoms in total. The minimum absolute atomic E-state index is 0.0205. The molecular formula is C15H19ClN2O3. The van der Waals surface area contributed by atoms with Crippen LogP contribution in [0.4, 0.5) is 10.5 Å². The van der Waals surface area contributed by atoms with Gasteiger partial charge in [-0.25, -0.2) is 9.59 Å². The third kappa shape index (κ3) is 4.11. The van der Waals surface area contributed by atoms with Crippen LogP contribution in [0.5, 0.6) is 0 Å². The minimum Gasteiger partial charge on any atom is -0.478 e. The first-order valence-electron chi connectivity index (χ1n) is 7.02. The average Bonchev–Trinajstić information content (AvgIpc) is 2.93. The van der Waals surface area contributed by atoms with Gasteiger partial charge < -0.3 is 15.3 Å². The number of halogens is 1. The van der Waals surface area contributed by atoms with E-state index in [1.54, 1.807) is 18.0 Å². The minimum atomic E-state index is -1.12. The fourth-order valence-electron chi connectivity index (χ4n) is 2.65. The molecule has 0 atom stereocenters. The topological polar surface area (TPSA) is 69.6 Å². The molecule has 0 bridgehead atoms. The standard InChI is InChI=1S/C15H19ClN2O3/c1-18(9-10-4-2-3-5-10)15(21)17-11-6-7-13(16)12(8-11)14(19)20/h6-8,10H,2-5,9H2,1H3,(H,17,21)(H,19,20). The summed E-state index contributed by atoms with van der Waals surface area (Å²) in [6.07, 6.45) is 4.81. The SMILES string of the molecule is CN(CC1CCCC1)C(=O)Nc1ccc(Cl)c(C(=O)O)c1. The molecule has 0 unspecified atom stereocenters. The maximum atomic E-state index is 12.1. The number of hydrogen-bond acceptors (Lipinski definition) is 2. The lowest BCUT2D eigenvalue weighted by molar-refractivity contribution is 0.0697. The maximum absolute atomic E-state index is 12.1. The number of aromatic carboxylic acids is 1. The van der Waals surface area contributed by atoms with Gasteiger partial charge in [0.15, 0.2) is 0 Å². The van der Waals surface area contributed by atoms with E-state index in [0.29, 0.717) is 11.6 Å². The van der Waals surface area contributed by atoms with Gasteiger partial charge >= 0.3 is 12.0 Å². The number of carboxylic acids is 1. The Labute approximate surface area is 128 Å². The number of rotatable bonds is 4. The van der Waals surface area contributed by atoms with Crippen molar-refractivity contribution in [3.05, 3.63) is 28.8 Å². The van der Waals surface area contributed by atoms with Crippen molar-refractivity contribution in [3.8, 4) is 0 Å². The van der Waals surface area contributed by atoms with Crippen LogP contribution in [-0.4, -0.2) is 35.6 Å². The van der Waals surface area contributed by atoms with Gasteiger partial charge in [-0.1, -0.05) is 24.4 Å². The average molecular weight is 311 g/mol. The predicted molar refractivity (Wildman–Crippen MR) is 82.0 cm³/mol. The maximum Gasteiger partial charge on any atom is 0.337 e. The number of urea groups is 1. The number of amides is 2. The van der Waals surface area contributed by atoms with E-state index < -0.39 is 5.97 Å². The molecule has 0 aliphatic heterocycles. The third-order valence-electron chi connectivity index (χ3n) is 3.80. The zero-order valence-electron chi connectivity index (χ0n) is 11.9. The second kappa shape index (κ2) is 6.80. The summed E-state index contributed by atoms with van der Waals surface area (Å²) in [5, 5.41) is 11.9. The lowest BCUT2D eigenvalue weighted by Gasteiger charge is -2.21. The molecule has 6 heteroatoms. The molecule has 1 aliphatic carbocycles. The van der Waals surface area contributed by atoms with Crippen molar-refractivity contribution in [2.75, 3.05) is 18.9 Å². The molecule has 0 spiro atoms. The van der Waals surface area contributed by atoms with Crippen LogP contribution in [0.2, 0.25) is 5.02 Å². The van der Waals surface area contributed by atoms with Crippen LogP contribution in [0.25, 0.3) is 0 Å². The number of benzene rings is 1. The lowest BCUT2D eigenvalue weighted by atomic mass is 10.1. The van der Waals surface area contributed by atoms with Gasteiger partial charge in [0.25, 0.3) is 0 Å². The molecule has 2 amide bonds. The van der Waals surface area contributed by atoms with Crippen molar-refractivity contribution in [2.24, 2.45) is 5.92 Å². The molecule has 1 aromatic rings. The largest absolute Gasteiger partial charge is 0.478 e. The van der Waals surface area contributed by atoms with Gasteiger partial charge in [-0.3, -0.25) is 0 Å². The summed E-state index contributed by atoms with van der Waals surface area (Å²) in [5.41, 5.74) is 0.410. The van der Waals surface area contributed by atoms with Crippen LogP contribution in [-0.2, 0) is 0 Å². The quantitative estimate of drug-likeness (QED) is 0.891. The van der Waals surface area contributed by atoms with Crippen LogP contribution < -0.4 is 5.32 Å². The van der Waals surface area contributed by atoms with E-state index >= 15 is 0 Å². The Balaban J connectivity index is 1.98. The van der Waals surface area contributed by atoms with Crippen LogP contribution in [0, 0.1) is 5.92 Å². The van der Waals surface area contributed by atoms with Crippen molar-refractivity contribution in [1.29, 1.82) is 0 Å². The molecule has 0 radical (unpaired) electrons. The number of anilines is 1. The van der Waals surface area contributed by atoms with Gasteiger partial charge in [-0.15, -0.1) is 0 Å². The van der Waals surface area contributed by atoms with Gasteiger partial charge in [0.05, 0.1) is 10.6 Å². The molecular weight excluding hydrogens is 292 g/mol. The molecule has 2 N–H and O–H groups in total. The van der Waals surface area contributed by atoms with E-state index in [0.717, 1.165) is 6.54 Å². The summed E-state index contributed by atoms with van der Waals surface area (Å²) >= 11 is 5.80. The molecule has 114 valence electrons. The first kappa shape index (κ1) is 15.6. The second-order valence-electron chi connectivity index (χ2n) is 5.46. The van der Waals surface area contributed by atoms with Crippen molar-refractivity contribution >= 4 is 29.3 Å². The molecule has 0 heterocycles. The Bertz CT molecular complexity index is 542. The number of carboxylic acid groups (broad SMARTS) is 1. The first-order chi connectivity index (χ1) is 9.97. The van der Waals surface area contributed by atoms with E-state index in [1.807, 2.05) is 0 Å². The van der Waals surface area contributed by atoms with Crippen LogP contribution in [0.1, 0.15) is 36.0 Å². The molecule has 2 rings (SSSR count). The highest BCUT2D eigenvalue weighted by molar-refractivity contribution is 6.33. The summed E-state index contributed by atoms with van der Waals surface area (Å²) in [4.78, 5) is 24.8. The normalized spacial score (nSPS) is 15.0. The van der Waals surface area contributed by atoms with E-state index in [9.17, 15) is 9.59 Å². The molecule has 1 aliphatic rings. The third-order valence-corrected chi connectivity index (χ3v) is 4.13. The second-order valence-corrected chi connectivity index (χ2v) is 5.87. The van der Waals surface area contributed by atoms with Crippen molar-refractivity contribution in [1.82, 2.24) is 4.90 Å². The Morgan fingerprint density at radius 3 is 2.67 bits per heavy atom. The number of hydrogen-bond donors (Lipinski definition) is 2. The van der Waals surface area contributed by atoms with E-state index in [2.05, 4.69) is 5.32 Å². The summed E-state index contributed by atoms with van der Waals surface area (Å²) in [5.74, 6) is -0.545. The molecule has 1 saturated carbocycles. The number of nitrogens with zero attached hydrogens (tertiary/aromatic N) is 1. The summed E-state index contributed by atoms with van der Waals surface area (Å²) in [7, 11) is 1.75. The lowest BCUT2D eigenvalue weighted by Crippen LogP contribution is -2.34. The fourth-order valence-corrected chi connectivity index (χ4v) is 2.85. The molecule has 21 heavy (non-hydrogen) atoms. The molecule has 1 aromatic carbocycles. The Morgan fingerprint density at radius 1 is 1.38 bits per heavy atom.